The predicted molar refractivity (Wildman–Crippen MR) is 64.1 cm³/mol. The Hall–Kier alpha value is -2.04. The second-order valence-electron chi connectivity index (χ2n) is 4.87. The largest absolute Gasteiger partial charge is 0.198 e. The Morgan fingerprint density at radius 3 is 1.22 bits per heavy atom. The molecule has 1 rings (SSSR count). The highest BCUT2D eigenvalue weighted by molar-refractivity contribution is 4.99. The van der Waals surface area contributed by atoms with Crippen molar-refractivity contribution in [1.82, 2.24) is 0 Å². The molecule has 92 valence electrons. The Morgan fingerprint density at radius 2 is 0.944 bits per heavy atom. The van der Waals surface area contributed by atoms with Gasteiger partial charge in [0.25, 0.3) is 0 Å². The van der Waals surface area contributed by atoms with E-state index in [-0.39, 0.29) is 23.7 Å². The molecule has 4 unspecified atom stereocenters. The van der Waals surface area contributed by atoms with E-state index in [0.29, 0.717) is 25.7 Å². The Labute approximate surface area is 108 Å². The van der Waals surface area contributed by atoms with Gasteiger partial charge >= 0.3 is 0 Å². The van der Waals surface area contributed by atoms with Crippen molar-refractivity contribution < 1.29 is 0 Å². The molecule has 0 saturated heterocycles. The van der Waals surface area contributed by atoms with Crippen LogP contribution in [0.15, 0.2) is 0 Å². The number of nitrogens with zero attached hydrogens (tertiary/aromatic N) is 4. The summed E-state index contributed by atoms with van der Waals surface area (Å²) in [6.07, 6.45) is 3.48. The van der Waals surface area contributed by atoms with Crippen LogP contribution in [0.4, 0.5) is 0 Å². The van der Waals surface area contributed by atoms with Crippen LogP contribution in [0.5, 0.6) is 0 Å². The Kier molecular flexibility index (Phi) is 5.70. The quantitative estimate of drug-likeness (QED) is 0.754. The molecule has 0 spiro atoms. The fourth-order valence-electron chi connectivity index (χ4n) is 3.14. The summed E-state index contributed by atoms with van der Waals surface area (Å²) in [5.41, 5.74) is 0. The summed E-state index contributed by atoms with van der Waals surface area (Å²) >= 11 is 0. The Balaban J connectivity index is 2.89. The molecule has 18 heavy (non-hydrogen) atoms. The Morgan fingerprint density at radius 1 is 0.611 bits per heavy atom. The molecule has 0 aromatic carbocycles. The van der Waals surface area contributed by atoms with Crippen LogP contribution >= 0.6 is 0 Å². The van der Waals surface area contributed by atoms with E-state index in [9.17, 15) is 0 Å². The zero-order valence-corrected chi connectivity index (χ0v) is 10.3. The van der Waals surface area contributed by atoms with Crippen LogP contribution in [0.25, 0.3) is 0 Å². The predicted octanol–water partition coefficient (Wildman–Crippen LogP) is 2.90. The lowest BCUT2D eigenvalue weighted by Crippen LogP contribution is -2.34. The van der Waals surface area contributed by atoms with Crippen molar-refractivity contribution in [2.45, 2.75) is 38.5 Å². The monoisotopic (exact) mass is 240 g/mol. The van der Waals surface area contributed by atoms with Crippen molar-refractivity contribution >= 4 is 0 Å². The molecule has 0 bridgehead atoms. The van der Waals surface area contributed by atoms with Gasteiger partial charge in [-0.1, -0.05) is 0 Å². The van der Waals surface area contributed by atoms with E-state index < -0.39 is 0 Å². The van der Waals surface area contributed by atoms with E-state index in [1.807, 2.05) is 0 Å². The lowest BCUT2D eigenvalue weighted by atomic mass is 9.63. The van der Waals surface area contributed by atoms with Gasteiger partial charge in [0.15, 0.2) is 0 Å². The van der Waals surface area contributed by atoms with E-state index in [0.717, 1.165) is 12.8 Å². The van der Waals surface area contributed by atoms with Gasteiger partial charge in [-0.3, -0.25) is 0 Å². The fourth-order valence-corrected chi connectivity index (χ4v) is 3.14. The summed E-state index contributed by atoms with van der Waals surface area (Å²) in [5, 5.41) is 35.5. The van der Waals surface area contributed by atoms with Gasteiger partial charge in [-0.15, -0.1) is 0 Å². The summed E-state index contributed by atoms with van der Waals surface area (Å²) in [4.78, 5) is 0. The maximum absolute atomic E-state index is 8.93. The van der Waals surface area contributed by atoms with Crippen LogP contribution in [0.3, 0.4) is 0 Å². The van der Waals surface area contributed by atoms with Gasteiger partial charge in [0.1, 0.15) is 0 Å². The first kappa shape index (κ1) is 14.0. The highest BCUT2D eigenvalue weighted by Gasteiger charge is 2.38. The van der Waals surface area contributed by atoms with E-state index >= 15 is 0 Å². The van der Waals surface area contributed by atoms with Crippen LogP contribution < -0.4 is 0 Å². The molecular formula is C14H16N4. The molecule has 0 heterocycles. The van der Waals surface area contributed by atoms with Crippen LogP contribution in [0, 0.1) is 69.0 Å². The lowest BCUT2D eigenvalue weighted by molar-refractivity contribution is 0.0983. The molecule has 1 saturated carbocycles. The SMILES string of the molecule is N#CCC1CCC(CC#N)C(CC#N)C1CC#N. The molecule has 1 aliphatic rings. The number of hydrogen-bond acceptors (Lipinski definition) is 4. The molecule has 4 nitrogen and oxygen atoms in total. The maximum Gasteiger partial charge on any atom is 0.0624 e. The van der Waals surface area contributed by atoms with E-state index in [1.165, 1.54) is 0 Å². The van der Waals surface area contributed by atoms with Crippen molar-refractivity contribution in [2.75, 3.05) is 0 Å². The zero-order valence-electron chi connectivity index (χ0n) is 10.3. The third-order valence-corrected chi connectivity index (χ3v) is 4.03. The summed E-state index contributed by atoms with van der Waals surface area (Å²) in [6.45, 7) is 0. The van der Waals surface area contributed by atoms with Crippen LogP contribution in [0.2, 0.25) is 0 Å². The van der Waals surface area contributed by atoms with Crippen LogP contribution in [0.1, 0.15) is 38.5 Å². The van der Waals surface area contributed by atoms with Gasteiger partial charge in [0.2, 0.25) is 0 Å². The normalized spacial score (nSPS) is 30.4. The molecule has 0 amide bonds. The first-order chi connectivity index (χ1) is 8.78. The molecule has 4 atom stereocenters. The van der Waals surface area contributed by atoms with Gasteiger partial charge in [0.05, 0.1) is 24.3 Å². The number of nitriles is 4. The standard InChI is InChI=1S/C14H16N4/c15-7-3-11-1-2-12(4-8-16)14(6-10-18)13(11)5-9-17/h11-14H,1-6H2. The van der Waals surface area contributed by atoms with Gasteiger partial charge in [-0.25, -0.2) is 0 Å². The minimum absolute atomic E-state index is 0.0985. The smallest absolute Gasteiger partial charge is 0.0624 e. The molecule has 4 heteroatoms. The minimum Gasteiger partial charge on any atom is -0.198 e. The van der Waals surface area contributed by atoms with Crippen LogP contribution in [-0.4, -0.2) is 0 Å². The molecule has 0 aliphatic heterocycles. The average Bonchev–Trinajstić information content (AvgIpc) is 2.37. The summed E-state index contributed by atoms with van der Waals surface area (Å²) in [5.74, 6) is 0.619. The Bertz CT molecular complexity index is 387. The third-order valence-electron chi connectivity index (χ3n) is 4.03. The third kappa shape index (κ3) is 3.23. The molecule has 1 fully saturated rings. The highest BCUT2D eigenvalue weighted by atomic mass is 14.4. The second kappa shape index (κ2) is 7.32. The second-order valence-corrected chi connectivity index (χ2v) is 4.87. The van der Waals surface area contributed by atoms with E-state index in [2.05, 4.69) is 24.3 Å². The molecular weight excluding hydrogens is 224 g/mol. The maximum atomic E-state index is 8.93. The zero-order chi connectivity index (χ0) is 13.4. The first-order valence-corrected chi connectivity index (χ1v) is 6.26. The highest BCUT2D eigenvalue weighted by Crippen LogP contribution is 2.44. The van der Waals surface area contributed by atoms with Gasteiger partial charge < -0.3 is 0 Å². The summed E-state index contributed by atoms with van der Waals surface area (Å²) in [6, 6.07) is 8.71. The van der Waals surface area contributed by atoms with Gasteiger partial charge in [-0.2, -0.15) is 21.0 Å². The molecule has 0 N–H and O–H groups in total. The molecule has 0 aromatic rings. The lowest BCUT2D eigenvalue weighted by Gasteiger charge is -2.40. The first-order valence-electron chi connectivity index (χ1n) is 6.26. The van der Waals surface area contributed by atoms with Crippen molar-refractivity contribution in [3.05, 3.63) is 0 Å². The van der Waals surface area contributed by atoms with Crippen LogP contribution in [-0.2, 0) is 0 Å². The summed E-state index contributed by atoms with van der Waals surface area (Å²) in [7, 11) is 0. The van der Waals surface area contributed by atoms with Crippen molar-refractivity contribution in [2.24, 2.45) is 23.7 Å². The topological polar surface area (TPSA) is 95.2 Å². The van der Waals surface area contributed by atoms with Crippen molar-refractivity contribution in [3.63, 3.8) is 0 Å². The molecule has 0 aromatic heterocycles. The minimum atomic E-state index is 0.0985. The van der Waals surface area contributed by atoms with Crippen molar-refractivity contribution in [3.8, 4) is 24.3 Å². The van der Waals surface area contributed by atoms with Gasteiger partial charge in [0, 0.05) is 25.7 Å². The average molecular weight is 240 g/mol. The van der Waals surface area contributed by atoms with E-state index in [4.69, 9.17) is 21.0 Å². The van der Waals surface area contributed by atoms with Crippen molar-refractivity contribution in [1.29, 1.82) is 21.0 Å². The van der Waals surface area contributed by atoms with E-state index in [1.54, 1.807) is 0 Å². The molecule has 0 radical (unpaired) electrons. The number of hydrogen-bond donors (Lipinski definition) is 0. The fraction of sp³-hybridized carbons (Fsp3) is 0.714. The summed E-state index contributed by atoms with van der Waals surface area (Å²) < 4.78 is 0. The number of rotatable bonds is 4. The molecule has 1 aliphatic carbocycles. The van der Waals surface area contributed by atoms with Gasteiger partial charge in [-0.05, 0) is 36.5 Å².